The van der Waals surface area contributed by atoms with Crippen molar-refractivity contribution >= 4 is 30.1 Å². The van der Waals surface area contributed by atoms with Crippen LogP contribution in [0.3, 0.4) is 0 Å². The zero-order valence-electron chi connectivity index (χ0n) is 7.86. The fourth-order valence-electron chi connectivity index (χ4n) is 1.06. The van der Waals surface area contributed by atoms with Crippen molar-refractivity contribution in [2.45, 2.75) is 6.92 Å². The molecule has 0 radical (unpaired) electrons. The third kappa shape index (κ3) is 2.70. The molecule has 7 heteroatoms. The first-order valence-corrected chi connectivity index (χ1v) is 7.37. The summed E-state index contributed by atoms with van der Waals surface area (Å²) in [6.45, 7) is 1.09. The average molecular weight is 275 g/mol. The van der Waals surface area contributed by atoms with Gasteiger partial charge in [-0.2, -0.15) is 0 Å². The second-order valence-corrected chi connectivity index (χ2v) is 6.16. The van der Waals surface area contributed by atoms with Gasteiger partial charge in [-0.3, -0.25) is 0 Å². The minimum absolute atomic E-state index is 0.183. The van der Waals surface area contributed by atoms with Crippen LogP contribution in [0.25, 0.3) is 0 Å². The third-order valence-corrected chi connectivity index (χ3v) is 3.83. The maximum absolute atomic E-state index is 11.1. The van der Waals surface area contributed by atoms with E-state index in [0.717, 1.165) is 6.92 Å². The number of para-hydroxylation sites is 1. The average Bonchev–Trinajstić information content (AvgIpc) is 2.15. The van der Waals surface area contributed by atoms with Gasteiger partial charge in [-0.15, -0.1) is 0 Å². The van der Waals surface area contributed by atoms with Crippen LogP contribution in [0.4, 0.5) is 5.69 Å². The molecule has 0 aliphatic heterocycles. The van der Waals surface area contributed by atoms with Gasteiger partial charge in [0.2, 0.25) is 0 Å². The van der Waals surface area contributed by atoms with E-state index in [1.807, 2.05) is 0 Å². The van der Waals surface area contributed by atoms with Crippen molar-refractivity contribution in [2.75, 3.05) is 5.06 Å². The second-order valence-electron chi connectivity index (χ2n) is 2.86. The third-order valence-electron chi connectivity index (χ3n) is 1.72. The van der Waals surface area contributed by atoms with Crippen LogP contribution in [0.15, 0.2) is 24.3 Å². The molecule has 1 aromatic rings. The Bertz CT molecular complexity index is 427. The number of hydroxylamine groups is 1. The van der Waals surface area contributed by atoms with E-state index in [1.54, 1.807) is 0 Å². The van der Waals surface area contributed by atoms with E-state index in [-0.39, 0.29) is 15.1 Å². The number of carbonyl (C=O) groups excluding carboxylic acids is 1. The quantitative estimate of drug-likeness (QED) is 0.365. The Labute approximate surface area is 88.7 Å². The van der Waals surface area contributed by atoms with Crippen molar-refractivity contribution in [3.63, 3.8) is 0 Å². The van der Waals surface area contributed by atoms with E-state index in [1.165, 1.54) is 24.3 Å². The molecule has 0 spiro atoms. The summed E-state index contributed by atoms with van der Waals surface area (Å²) < 4.78 is 28.8. The molecule has 1 aromatic carbocycles. The first-order chi connectivity index (χ1) is 6.84. The Morgan fingerprint density at radius 3 is 2.33 bits per heavy atom. The van der Waals surface area contributed by atoms with Gasteiger partial charge >= 0.3 is 88.3 Å². The van der Waals surface area contributed by atoms with Crippen molar-refractivity contribution in [2.24, 2.45) is 0 Å². The Morgan fingerprint density at radius 1 is 1.33 bits per heavy atom. The van der Waals surface area contributed by atoms with Gasteiger partial charge in [-0.05, 0) is 0 Å². The maximum atomic E-state index is 11.1. The predicted molar refractivity (Wildman–Crippen MR) is 51.9 cm³/mol. The summed E-state index contributed by atoms with van der Waals surface area (Å²) in [5, 5.41) is 9.51. The Balaban J connectivity index is 3.30. The Kier molecular flexibility index (Phi) is 3.36. The number of hydrogen-bond donors (Lipinski definition) is 3. The molecule has 0 saturated heterocycles. The zero-order valence-corrected chi connectivity index (χ0v) is 9.74. The Hall–Kier alpha value is -1.07. The number of nitrogens with zero attached hydrogens (tertiary/aromatic N) is 1. The van der Waals surface area contributed by atoms with Crippen LogP contribution in [0, 0.1) is 0 Å². The second kappa shape index (κ2) is 4.20. The molecule has 0 atom stereocenters. The SMILES string of the molecule is CC(=O)N(O)c1ccccc1[As](=O)(O)O. The number of anilines is 1. The van der Waals surface area contributed by atoms with E-state index in [0.29, 0.717) is 0 Å². The van der Waals surface area contributed by atoms with Crippen molar-refractivity contribution in [3.05, 3.63) is 24.3 Å². The number of amides is 1. The summed E-state index contributed by atoms with van der Waals surface area (Å²) in [7, 11) is 0. The van der Waals surface area contributed by atoms with Crippen LogP contribution in [-0.4, -0.2) is 33.5 Å². The minimum atomic E-state index is -5.13. The van der Waals surface area contributed by atoms with Crippen LogP contribution in [-0.2, 0) is 8.53 Å². The fraction of sp³-hybridized carbons (Fsp3) is 0.125. The Morgan fingerprint density at radius 2 is 1.87 bits per heavy atom. The van der Waals surface area contributed by atoms with E-state index < -0.39 is 20.1 Å². The molecule has 0 aromatic heterocycles. The molecule has 0 aliphatic carbocycles. The van der Waals surface area contributed by atoms with Crippen LogP contribution in [0.5, 0.6) is 0 Å². The molecule has 6 nitrogen and oxygen atoms in total. The summed E-state index contributed by atoms with van der Waals surface area (Å²) >= 11 is -5.13. The molecular weight excluding hydrogens is 265 g/mol. The summed E-state index contributed by atoms with van der Waals surface area (Å²) in [4.78, 5) is 10.9. The van der Waals surface area contributed by atoms with E-state index in [4.69, 9.17) is 8.19 Å². The molecule has 0 fully saturated rings. The van der Waals surface area contributed by atoms with E-state index in [2.05, 4.69) is 0 Å². The molecule has 15 heavy (non-hydrogen) atoms. The van der Waals surface area contributed by atoms with Crippen LogP contribution >= 0.6 is 0 Å². The van der Waals surface area contributed by atoms with Gasteiger partial charge < -0.3 is 0 Å². The van der Waals surface area contributed by atoms with E-state index >= 15 is 0 Å². The van der Waals surface area contributed by atoms with E-state index in [9.17, 15) is 13.7 Å². The monoisotopic (exact) mass is 275 g/mol. The van der Waals surface area contributed by atoms with Crippen molar-refractivity contribution in [1.82, 2.24) is 0 Å². The molecule has 0 saturated carbocycles. The van der Waals surface area contributed by atoms with Gasteiger partial charge in [-0.1, -0.05) is 0 Å². The molecular formula is C8H10AsNO5. The standard InChI is InChI=1S/C8H10AsNO5/c1-6(11)10(15)8-5-3-2-4-7(8)9(12,13)14/h2-5,15H,1H3,(H2,12,13,14). The van der Waals surface area contributed by atoms with Crippen molar-refractivity contribution in [3.8, 4) is 0 Å². The summed E-state index contributed by atoms with van der Waals surface area (Å²) in [6, 6.07) is 5.34. The fourth-order valence-corrected chi connectivity index (χ4v) is 2.63. The van der Waals surface area contributed by atoms with Crippen LogP contribution in [0.1, 0.15) is 6.92 Å². The first-order valence-electron chi connectivity index (χ1n) is 3.98. The molecule has 0 bridgehead atoms. The van der Waals surface area contributed by atoms with Gasteiger partial charge in [0.15, 0.2) is 0 Å². The van der Waals surface area contributed by atoms with Crippen LogP contribution in [0.2, 0.25) is 0 Å². The summed E-state index contributed by atoms with van der Waals surface area (Å²) in [6.07, 6.45) is 0. The number of carbonyl (C=O) groups is 1. The van der Waals surface area contributed by atoms with Crippen LogP contribution < -0.4 is 9.41 Å². The molecule has 1 rings (SSSR count). The molecule has 1 amide bonds. The molecule has 0 aliphatic rings. The first kappa shape index (κ1) is 12.0. The van der Waals surface area contributed by atoms with Gasteiger partial charge in [-0.25, -0.2) is 0 Å². The molecule has 3 N–H and O–H groups in total. The summed E-state index contributed by atoms with van der Waals surface area (Å²) in [5.41, 5.74) is -0.183. The number of rotatable bonds is 2. The normalized spacial score (nSPS) is 11.2. The van der Waals surface area contributed by atoms with Crippen molar-refractivity contribution < 1.29 is 21.9 Å². The number of benzene rings is 1. The number of hydrogen-bond acceptors (Lipinski definition) is 3. The topological polar surface area (TPSA) is 98.1 Å². The molecule has 0 unspecified atom stereocenters. The molecule has 0 heterocycles. The van der Waals surface area contributed by atoms with Crippen molar-refractivity contribution in [1.29, 1.82) is 0 Å². The van der Waals surface area contributed by atoms with Gasteiger partial charge in [0.25, 0.3) is 0 Å². The molecule has 82 valence electrons. The zero-order chi connectivity index (χ0) is 11.6. The van der Waals surface area contributed by atoms with Gasteiger partial charge in [0.05, 0.1) is 0 Å². The summed E-state index contributed by atoms with van der Waals surface area (Å²) in [5.74, 6) is -0.716. The predicted octanol–water partition coefficient (Wildman–Crippen LogP) is -1.01. The van der Waals surface area contributed by atoms with Gasteiger partial charge in [0, 0.05) is 0 Å². The van der Waals surface area contributed by atoms with Gasteiger partial charge in [0.1, 0.15) is 0 Å².